The first-order valence-electron chi connectivity index (χ1n) is 12.4. The van der Waals surface area contributed by atoms with E-state index in [9.17, 15) is 4.79 Å². The Morgan fingerprint density at radius 2 is 1.71 bits per heavy atom. The maximum atomic E-state index is 13.0. The lowest BCUT2D eigenvalue weighted by molar-refractivity contribution is -0.0353. The van der Waals surface area contributed by atoms with Gasteiger partial charge < -0.3 is 19.5 Å². The van der Waals surface area contributed by atoms with E-state index in [2.05, 4.69) is 42.3 Å². The number of hydrogen-bond acceptors (Lipinski definition) is 5. The second kappa shape index (κ2) is 9.14. The number of alkyl carbamates (subject to hydrolysis) is 1. The molecular weight excluding hydrogens is 428 g/mol. The van der Waals surface area contributed by atoms with Gasteiger partial charge in [0.2, 0.25) is 0 Å². The van der Waals surface area contributed by atoms with E-state index >= 15 is 0 Å². The van der Waals surface area contributed by atoms with Crippen molar-refractivity contribution >= 4 is 6.09 Å². The molecular formula is C28H36N2O4. The Labute approximate surface area is 202 Å². The van der Waals surface area contributed by atoms with Gasteiger partial charge in [-0.1, -0.05) is 32.0 Å². The highest BCUT2D eigenvalue weighted by Gasteiger charge is 2.40. The summed E-state index contributed by atoms with van der Waals surface area (Å²) >= 11 is 0. The van der Waals surface area contributed by atoms with E-state index in [0.29, 0.717) is 5.92 Å². The number of benzene rings is 2. The molecule has 3 heterocycles. The summed E-state index contributed by atoms with van der Waals surface area (Å²) in [5.74, 6) is 2.04. The van der Waals surface area contributed by atoms with Crippen LogP contribution in [-0.2, 0) is 11.2 Å². The molecule has 2 bridgehead atoms. The van der Waals surface area contributed by atoms with Gasteiger partial charge in [0.1, 0.15) is 17.6 Å². The van der Waals surface area contributed by atoms with Crippen molar-refractivity contribution in [2.24, 2.45) is 11.3 Å². The summed E-state index contributed by atoms with van der Waals surface area (Å²) in [5.41, 5.74) is 4.56. The third-order valence-electron chi connectivity index (χ3n) is 8.08. The highest BCUT2D eigenvalue weighted by Crippen LogP contribution is 2.45. The zero-order valence-electron chi connectivity index (χ0n) is 20.7. The largest absolute Gasteiger partial charge is 0.497 e. The molecule has 0 radical (unpaired) electrons. The first-order valence-corrected chi connectivity index (χ1v) is 12.4. The molecule has 34 heavy (non-hydrogen) atoms. The number of amides is 1. The Morgan fingerprint density at radius 1 is 1.00 bits per heavy atom. The standard InChI is InChI=1S/C28H36N2O4/c1-28(2)10-7-20-13-19(21-14-22(32-3)16-23(15-21)33-4)5-6-24(20)26(28)29-27(31)34-25-17-30-11-8-18(25)9-12-30/h5-6,13-16,18,25-26H,7-12,17H2,1-4H3,(H,29,31)/t25-,26?/m1/s1. The quantitative estimate of drug-likeness (QED) is 0.659. The number of piperidine rings is 3. The molecule has 1 N–H and O–H groups in total. The van der Waals surface area contributed by atoms with Crippen LogP contribution in [0.2, 0.25) is 0 Å². The molecule has 1 unspecified atom stereocenters. The fourth-order valence-corrected chi connectivity index (χ4v) is 5.89. The van der Waals surface area contributed by atoms with Crippen molar-refractivity contribution in [3.05, 3.63) is 47.5 Å². The highest BCUT2D eigenvalue weighted by molar-refractivity contribution is 5.71. The van der Waals surface area contributed by atoms with Gasteiger partial charge in [-0.15, -0.1) is 0 Å². The summed E-state index contributed by atoms with van der Waals surface area (Å²) in [6, 6.07) is 12.4. The Bertz CT molecular complexity index is 1040. The van der Waals surface area contributed by atoms with Crippen LogP contribution in [0.25, 0.3) is 11.1 Å². The van der Waals surface area contributed by atoms with E-state index in [4.69, 9.17) is 14.2 Å². The third kappa shape index (κ3) is 4.48. The fraction of sp³-hybridized carbons (Fsp3) is 0.536. The number of nitrogens with zero attached hydrogens (tertiary/aromatic N) is 1. The first kappa shape index (κ1) is 23.0. The predicted molar refractivity (Wildman–Crippen MR) is 132 cm³/mol. The molecule has 182 valence electrons. The second-order valence-corrected chi connectivity index (χ2v) is 10.7. The number of hydrogen-bond donors (Lipinski definition) is 1. The molecule has 0 spiro atoms. The molecule has 2 aromatic rings. The number of carbonyl (C=O) groups excluding carboxylic acids is 1. The minimum Gasteiger partial charge on any atom is -0.497 e. The van der Waals surface area contributed by atoms with Crippen LogP contribution >= 0.6 is 0 Å². The zero-order chi connectivity index (χ0) is 23.9. The number of carbonyl (C=O) groups is 1. The van der Waals surface area contributed by atoms with Gasteiger partial charge in [0.05, 0.1) is 20.3 Å². The van der Waals surface area contributed by atoms with E-state index in [1.54, 1.807) is 14.2 Å². The second-order valence-electron chi connectivity index (χ2n) is 10.7. The van der Waals surface area contributed by atoms with Gasteiger partial charge in [0, 0.05) is 12.6 Å². The van der Waals surface area contributed by atoms with Crippen molar-refractivity contribution < 1.29 is 19.0 Å². The monoisotopic (exact) mass is 464 g/mol. The van der Waals surface area contributed by atoms with Gasteiger partial charge in [-0.25, -0.2) is 4.79 Å². The van der Waals surface area contributed by atoms with Crippen LogP contribution in [0.5, 0.6) is 11.5 Å². The Balaban J connectivity index is 1.37. The SMILES string of the molecule is COc1cc(OC)cc(-c2ccc3c(c2)CCC(C)(C)C3NC(=O)O[C@@H]2CN3CCC2CC3)c1. The summed E-state index contributed by atoms with van der Waals surface area (Å²) in [6.45, 7) is 7.61. The molecule has 1 amide bonds. The highest BCUT2D eigenvalue weighted by atomic mass is 16.6. The van der Waals surface area contributed by atoms with E-state index in [1.807, 2.05) is 18.2 Å². The minimum atomic E-state index is -0.286. The van der Waals surface area contributed by atoms with Crippen molar-refractivity contribution in [2.45, 2.75) is 51.7 Å². The smallest absolute Gasteiger partial charge is 0.407 e. The van der Waals surface area contributed by atoms with Crippen molar-refractivity contribution in [1.82, 2.24) is 10.2 Å². The molecule has 3 fully saturated rings. The molecule has 0 aromatic heterocycles. The molecule has 2 atom stereocenters. The topological polar surface area (TPSA) is 60.0 Å². The lowest BCUT2D eigenvalue weighted by Crippen LogP contribution is -2.53. The van der Waals surface area contributed by atoms with E-state index in [1.165, 1.54) is 11.1 Å². The fourth-order valence-electron chi connectivity index (χ4n) is 5.89. The van der Waals surface area contributed by atoms with Crippen LogP contribution < -0.4 is 14.8 Å². The van der Waals surface area contributed by atoms with Gasteiger partial charge in [-0.2, -0.15) is 0 Å². The summed E-state index contributed by atoms with van der Waals surface area (Å²) in [4.78, 5) is 15.4. The predicted octanol–water partition coefficient (Wildman–Crippen LogP) is 5.20. The van der Waals surface area contributed by atoms with Gasteiger partial charge >= 0.3 is 6.09 Å². The van der Waals surface area contributed by atoms with Gasteiger partial charge in [-0.3, -0.25) is 4.90 Å². The number of aryl methyl sites for hydroxylation is 1. The normalized spacial score (nSPS) is 26.9. The van der Waals surface area contributed by atoms with E-state index < -0.39 is 0 Å². The summed E-state index contributed by atoms with van der Waals surface area (Å²) in [7, 11) is 3.33. The van der Waals surface area contributed by atoms with Crippen molar-refractivity contribution in [3.8, 4) is 22.6 Å². The average Bonchev–Trinajstić information content (AvgIpc) is 2.86. The lowest BCUT2D eigenvalue weighted by atomic mass is 9.70. The zero-order valence-corrected chi connectivity index (χ0v) is 20.7. The van der Waals surface area contributed by atoms with E-state index in [0.717, 1.165) is 67.9 Å². The Morgan fingerprint density at radius 3 is 2.32 bits per heavy atom. The van der Waals surface area contributed by atoms with Gasteiger partial charge in [-0.05, 0) is 84.5 Å². The van der Waals surface area contributed by atoms with Crippen LogP contribution in [0, 0.1) is 11.3 Å². The molecule has 6 heteroatoms. The number of fused-ring (bicyclic) bond motifs is 4. The molecule has 2 aromatic carbocycles. The Hall–Kier alpha value is -2.73. The van der Waals surface area contributed by atoms with Crippen LogP contribution in [0.1, 0.15) is 50.3 Å². The Kier molecular flexibility index (Phi) is 6.19. The molecule has 4 aliphatic rings. The summed E-state index contributed by atoms with van der Waals surface area (Å²) in [6.07, 6.45) is 3.96. The molecule has 1 aliphatic carbocycles. The maximum Gasteiger partial charge on any atom is 0.407 e. The van der Waals surface area contributed by atoms with Crippen LogP contribution in [0.3, 0.4) is 0 Å². The van der Waals surface area contributed by atoms with Crippen LogP contribution in [-0.4, -0.2) is 51.0 Å². The van der Waals surface area contributed by atoms with Crippen LogP contribution in [0.15, 0.2) is 36.4 Å². The molecule has 6 nitrogen and oxygen atoms in total. The van der Waals surface area contributed by atoms with E-state index in [-0.39, 0.29) is 23.7 Å². The first-order chi connectivity index (χ1) is 16.4. The summed E-state index contributed by atoms with van der Waals surface area (Å²) in [5, 5.41) is 3.25. The molecule has 3 aliphatic heterocycles. The van der Waals surface area contributed by atoms with Crippen molar-refractivity contribution in [3.63, 3.8) is 0 Å². The molecule has 0 saturated carbocycles. The maximum absolute atomic E-state index is 13.0. The van der Waals surface area contributed by atoms with Crippen molar-refractivity contribution in [2.75, 3.05) is 33.9 Å². The number of nitrogens with one attached hydrogen (secondary N) is 1. The number of ether oxygens (including phenoxy) is 3. The molecule has 6 rings (SSSR count). The van der Waals surface area contributed by atoms with Gasteiger partial charge in [0.25, 0.3) is 0 Å². The average molecular weight is 465 g/mol. The van der Waals surface area contributed by atoms with Gasteiger partial charge in [0.15, 0.2) is 0 Å². The minimum absolute atomic E-state index is 0.0130. The summed E-state index contributed by atoms with van der Waals surface area (Å²) < 4.78 is 16.9. The number of rotatable bonds is 5. The lowest BCUT2D eigenvalue weighted by Gasteiger charge is -2.44. The van der Waals surface area contributed by atoms with Crippen molar-refractivity contribution in [1.29, 1.82) is 0 Å². The molecule has 3 saturated heterocycles. The van der Waals surface area contributed by atoms with Crippen LogP contribution in [0.4, 0.5) is 4.79 Å². The number of methoxy groups -OCH3 is 2. The third-order valence-corrected chi connectivity index (χ3v) is 8.08.